The molecule has 0 N–H and O–H groups in total. The quantitative estimate of drug-likeness (QED) is 0.776. The van der Waals surface area contributed by atoms with Crippen molar-refractivity contribution < 1.29 is 14.3 Å². The van der Waals surface area contributed by atoms with E-state index in [1.807, 2.05) is 4.90 Å². The molecule has 1 aliphatic carbocycles. The van der Waals surface area contributed by atoms with Gasteiger partial charge in [-0.1, -0.05) is 19.3 Å². The predicted molar refractivity (Wildman–Crippen MR) is 89.2 cm³/mol. The Morgan fingerprint density at radius 2 is 1.79 bits per heavy atom. The third kappa shape index (κ3) is 4.18. The van der Waals surface area contributed by atoms with Crippen molar-refractivity contribution in [3.63, 3.8) is 0 Å². The molecule has 2 fully saturated rings. The van der Waals surface area contributed by atoms with Crippen molar-refractivity contribution in [2.45, 2.75) is 44.6 Å². The standard InChI is InChI=1S/C17H28N4O3/c1-3-24-16(23)21-11-9-20(10-12-21)13-15(22)19(2)17(14-18)7-5-4-6-8-17/h3-13H2,1-2H3. The fourth-order valence-electron chi connectivity index (χ4n) is 3.50. The Hall–Kier alpha value is -1.81. The number of nitriles is 1. The van der Waals surface area contributed by atoms with Crippen LogP contribution in [0.5, 0.6) is 0 Å². The highest BCUT2D eigenvalue weighted by Gasteiger charge is 2.39. The van der Waals surface area contributed by atoms with E-state index in [4.69, 9.17) is 4.74 Å². The number of carbonyl (C=O) groups excluding carboxylic acids is 2. The number of piperazine rings is 1. The topological polar surface area (TPSA) is 76.9 Å². The SMILES string of the molecule is CCOC(=O)N1CCN(CC(=O)N(C)C2(C#N)CCCCC2)CC1. The first kappa shape index (κ1) is 18.5. The monoisotopic (exact) mass is 336 g/mol. The number of hydrogen-bond acceptors (Lipinski definition) is 5. The van der Waals surface area contributed by atoms with Crippen LogP contribution in [-0.4, -0.2) is 78.6 Å². The predicted octanol–water partition coefficient (Wildman–Crippen LogP) is 1.45. The molecule has 1 saturated heterocycles. The molecule has 24 heavy (non-hydrogen) atoms. The highest BCUT2D eigenvalue weighted by Crippen LogP contribution is 2.32. The molecule has 0 aromatic heterocycles. The molecule has 0 atom stereocenters. The molecular weight excluding hydrogens is 308 g/mol. The molecule has 2 rings (SSSR count). The fraction of sp³-hybridized carbons (Fsp3) is 0.824. The number of nitrogens with zero attached hydrogens (tertiary/aromatic N) is 4. The Morgan fingerprint density at radius 3 is 2.33 bits per heavy atom. The molecule has 1 aliphatic heterocycles. The van der Waals surface area contributed by atoms with Crippen molar-refractivity contribution >= 4 is 12.0 Å². The second-order valence-corrected chi connectivity index (χ2v) is 6.62. The van der Waals surface area contributed by atoms with Gasteiger partial charge in [-0.25, -0.2) is 4.79 Å². The summed E-state index contributed by atoms with van der Waals surface area (Å²) in [7, 11) is 1.76. The van der Waals surface area contributed by atoms with Gasteiger partial charge in [-0.15, -0.1) is 0 Å². The van der Waals surface area contributed by atoms with Gasteiger partial charge in [0.25, 0.3) is 0 Å². The second-order valence-electron chi connectivity index (χ2n) is 6.62. The molecule has 1 saturated carbocycles. The summed E-state index contributed by atoms with van der Waals surface area (Å²) in [6.07, 6.45) is 4.39. The van der Waals surface area contributed by atoms with Crippen molar-refractivity contribution in [1.29, 1.82) is 5.26 Å². The summed E-state index contributed by atoms with van der Waals surface area (Å²) in [5, 5.41) is 9.60. The van der Waals surface area contributed by atoms with Crippen LogP contribution in [0, 0.1) is 11.3 Å². The minimum Gasteiger partial charge on any atom is -0.450 e. The van der Waals surface area contributed by atoms with E-state index in [1.165, 1.54) is 0 Å². The van der Waals surface area contributed by atoms with Gasteiger partial charge < -0.3 is 14.5 Å². The molecular formula is C17H28N4O3. The average Bonchev–Trinajstić information content (AvgIpc) is 2.62. The van der Waals surface area contributed by atoms with Crippen LogP contribution in [0.25, 0.3) is 0 Å². The zero-order valence-corrected chi connectivity index (χ0v) is 14.8. The van der Waals surface area contributed by atoms with Gasteiger partial charge in [0.05, 0.1) is 19.2 Å². The van der Waals surface area contributed by atoms with Crippen LogP contribution < -0.4 is 0 Å². The van der Waals surface area contributed by atoms with Crippen LogP contribution in [0.15, 0.2) is 0 Å². The lowest BCUT2D eigenvalue weighted by molar-refractivity contribution is -0.136. The van der Waals surface area contributed by atoms with Crippen molar-refractivity contribution in [3.05, 3.63) is 0 Å². The number of hydrogen-bond donors (Lipinski definition) is 0. The van der Waals surface area contributed by atoms with Gasteiger partial charge in [0.15, 0.2) is 0 Å². The van der Waals surface area contributed by atoms with Gasteiger partial charge in [-0.3, -0.25) is 9.69 Å². The maximum atomic E-state index is 12.6. The molecule has 7 heteroatoms. The molecule has 0 bridgehead atoms. The summed E-state index contributed by atoms with van der Waals surface area (Å²) in [5.41, 5.74) is -0.637. The molecule has 0 radical (unpaired) electrons. The Labute approximate surface area is 144 Å². The number of rotatable bonds is 4. The summed E-state index contributed by atoms with van der Waals surface area (Å²) in [6, 6.07) is 2.39. The van der Waals surface area contributed by atoms with E-state index in [9.17, 15) is 14.9 Å². The summed E-state index contributed by atoms with van der Waals surface area (Å²) >= 11 is 0. The summed E-state index contributed by atoms with van der Waals surface area (Å²) < 4.78 is 5.00. The van der Waals surface area contributed by atoms with Gasteiger partial charge in [0.1, 0.15) is 5.54 Å². The average molecular weight is 336 g/mol. The molecule has 0 unspecified atom stereocenters. The van der Waals surface area contributed by atoms with Gasteiger partial charge in [-0.05, 0) is 19.8 Å². The second kappa shape index (κ2) is 8.34. The third-order valence-corrected chi connectivity index (χ3v) is 5.16. The first-order valence-corrected chi connectivity index (χ1v) is 8.84. The molecule has 7 nitrogen and oxygen atoms in total. The third-order valence-electron chi connectivity index (χ3n) is 5.16. The largest absolute Gasteiger partial charge is 0.450 e. The van der Waals surface area contributed by atoms with Crippen LogP contribution in [-0.2, 0) is 9.53 Å². The molecule has 2 amide bonds. The Bertz CT molecular complexity index is 489. The van der Waals surface area contributed by atoms with Crippen molar-refractivity contribution in [2.24, 2.45) is 0 Å². The van der Waals surface area contributed by atoms with Crippen molar-refractivity contribution in [2.75, 3.05) is 46.4 Å². The van der Waals surface area contributed by atoms with Gasteiger partial charge in [0.2, 0.25) is 5.91 Å². The molecule has 0 aromatic carbocycles. The zero-order valence-electron chi connectivity index (χ0n) is 14.8. The first-order chi connectivity index (χ1) is 11.5. The Morgan fingerprint density at radius 1 is 1.17 bits per heavy atom. The zero-order chi connectivity index (χ0) is 17.6. The Balaban J connectivity index is 1.85. The van der Waals surface area contributed by atoms with Crippen molar-refractivity contribution in [1.82, 2.24) is 14.7 Å². The van der Waals surface area contributed by atoms with E-state index < -0.39 is 5.54 Å². The van der Waals surface area contributed by atoms with E-state index in [0.29, 0.717) is 39.3 Å². The highest BCUT2D eigenvalue weighted by molar-refractivity contribution is 5.79. The maximum Gasteiger partial charge on any atom is 0.409 e. The fourth-order valence-corrected chi connectivity index (χ4v) is 3.50. The molecule has 1 heterocycles. The van der Waals surface area contributed by atoms with Crippen LogP contribution in [0.1, 0.15) is 39.0 Å². The molecule has 0 spiro atoms. The molecule has 2 aliphatic rings. The van der Waals surface area contributed by atoms with E-state index in [1.54, 1.807) is 23.8 Å². The van der Waals surface area contributed by atoms with Gasteiger partial charge in [-0.2, -0.15) is 5.26 Å². The lowest BCUT2D eigenvalue weighted by Crippen LogP contribution is -2.55. The van der Waals surface area contributed by atoms with E-state index in [0.717, 1.165) is 32.1 Å². The summed E-state index contributed by atoms with van der Waals surface area (Å²) in [4.78, 5) is 29.7. The van der Waals surface area contributed by atoms with E-state index in [2.05, 4.69) is 6.07 Å². The molecule has 134 valence electrons. The van der Waals surface area contributed by atoms with Crippen LogP contribution in [0.2, 0.25) is 0 Å². The Kier molecular flexibility index (Phi) is 6.44. The van der Waals surface area contributed by atoms with Crippen molar-refractivity contribution in [3.8, 4) is 6.07 Å². The number of likely N-dealkylation sites (N-methyl/N-ethyl adjacent to an activating group) is 1. The normalized spacial score (nSPS) is 21.0. The highest BCUT2D eigenvalue weighted by atomic mass is 16.6. The maximum absolute atomic E-state index is 12.6. The van der Waals surface area contributed by atoms with Crippen LogP contribution in [0.3, 0.4) is 0 Å². The summed E-state index contributed by atoms with van der Waals surface area (Å²) in [5.74, 6) is -0.0111. The number of ether oxygens (including phenoxy) is 1. The number of amides is 2. The first-order valence-electron chi connectivity index (χ1n) is 8.84. The molecule has 0 aromatic rings. The van der Waals surface area contributed by atoms with E-state index in [-0.39, 0.29) is 12.0 Å². The van der Waals surface area contributed by atoms with Crippen LogP contribution in [0.4, 0.5) is 4.79 Å². The number of carbonyl (C=O) groups is 2. The van der Waals surface area contributed by atoms with E-state index >= 15 is 0 Å². The van der Waals surface area contributed by atoms with Gasteiger partial charge >= 0.3 is 6.09 Å². The minimum absolute atomic E-state index is 0.0111. The smallest absolute Gasteiger partial charge is 0.409 e. The van der Waals surface area contributed by atoms with Crippen LogP contribution >= 0.6 is 0 Å². The lowest BCUT2D eigenvalue weighted by atomic mass is 9.81. The summed E-state index contributed by atoms with van der Waals surface area (Å²) in [6.45, 7) is 4.91. The minimum atomic E-state index is -0.637. The lowest BCUT2D eigenvalue weighted by Gasteiger charge is -2.40. The van der Waals surface area contributed by atoms with Gasteiger partial charge in [0, 0.05) is 33.2 Å².